The maximum Gasteiger partial charge on any atom is 0.295 e. The molecule has 3 rings (SSSR count). The average molecular weight is 530 g/mol. The highest BCUT2D eigenvalue weighted by atomic mass is 32.2. The molecule has 3 aromatic carbocycles. The molecule has 4 N–H and O–H groups in total. The first-order valence-corrected chi connectivity index (χ1v) is 14.2. The minimum absolute atomic E-state index is 0.0312. The Hall–Kier alpha value is -2.55. The lowest BCUT2D eigenvalue weighted by atomic mass is 9.78. The van der Waals surface area contributed by atoms with E-state index in [1.807, 2.05) is 20.8 Å². The first-order chi connectivity index (χ1) is 15.4. The first-order valence-electron chi connectivity index (χ1n) is 9.86. The third-order valence-corrected chi connectivity index (χ3v) is 8.19. The number of benzene rings is 3. The number of hydrogen-bond acceptors (Lipinski definition) is 7. The van der Waals surface area contributed by atoms with Gasteiger partial charge in [0, 0.05) is 16.8 Å². The van der Waals surface area contributed by atoms with E-state index in [1.165, 1.54) is 30.3 Å². The fraction of sp³-hybridized carbons (Fsp3) is 0.238. The zero-order valence-corrected chi connectivity index (χ0v) is 20.8. The molecule has 0 heterocycles. The summed E-state index contributed by atoms with van der Waals surface area (Å²) in [5, 5.41) is 3.21. The van der Waals surface area contributed by atoms with Gasteiger partial charge in [-0.05, 0) is 59.2 Å². The Morgan fingerprint density at radius 2 is 1.38 bits per heavy atom. The summed E-state index contributed by atoms with van der Waals surface area (Å²) < 4.78 is 99.6. The maximum absolute atomic E-state index is 12.0. The molecule has 10 nitrogen and oxygen atoms in total. The Morgan fingerprint density at radius 1 is 0.765 bits per heavy atom. The molecule has 0 saturated heterocycles. The molecule has 3 aromatic rings. The molecule has 0 aliphatic rings. The van der Waals surface area contributed by atoms with Gasteiger partial charge in [0.25, 0.3) is 30.4 Å². The second kappa shape index (κ2) is 8.59. The molecule has 0 amide bonds. The molecule has 0 bridgehead atoms. The van der Waals surface area contributed by atoms with Crippen LogP contribution in [0.15, 0.2) is 63.2 Å². The summed E-state index contributed by atoms with van der Waals surface area (Å²) in [5.74, 6) is 0. The molecule has 0 aromatic heterocycles. The Labute approximate surface area is 197 Å². The lowest BCUT2D eigenvalue weighted by Crippen LogP contribution is -2.19. The first kappa shape index (κ1) is 26.1. The zero-order chi connectivity index (χ0) is 25.7. The number of hydrogen-bond donors (Lipinski definition) is 4. The number of fused-ring (bicyclic) bond motifs is 1. The summed E-state index contributed by atoms with van der Waals surface area (Å²) >= 11 is 0. The van der Waals surface area contributed by atoms with Gasteiger partial charge in [-0.25, -0.2) is 0 Å². The van der Waals surface area contributed by atoms with Crippen molar-refractivity contribution in [1.29, 1.82) is 0 Å². The molecule has 0 unspecified atom stereocenters. The van der Waals surface area contributed by atoms with E-state index in [9.17, 15) is 38.9 Å². The van der Waals surface area contributed by atoms with Crippen LogP contribution < -0.4 is 5.32 Å². The van der Waals surface area contributed by atoms with Crippen LogP contribution in [0, 0.1) is 0 Å². The molecule has 0 aliphatic heterocycles. The van der Waals surface area contributed by atoms with E-state index < -0.39 is 45.6 Å². The fourth-order valence-corrected chi connectivity index (χ4v) is 5.50. The topological polar surface area (TPSA) is 175 Å². The van der Waals surface area contributed by atoms with Crippen LogP contribution in [0.3, 0.4) is 0 Å². The van der Waals surface area contributed by atoms with E-state index in [-0.39, 0.29) is 21.4 Å². The molecule has 0 spiro atoms. The van der Waals surface area contributed by atoms with Crippen molar-refractivity contribution in [3.8, 4) is 0 Å². The zero-order valence-electron chi connectivity index (χ0n) is 18.3. The van der Waals surface area contributed by atoms with E-state index in [0.29, 0.717) is 23.7 Å². The van der Waals surface area contributed by atoms with Gasteiger partial charge in [0.05, 0.1) is 9.79 Å². The standard InChI is InChI=1S/C21H23NO9S3/c1-4-21(2,3)20-17-11-15(33(26,27)28)12-19(34(29,30)31)16(17)8-9-18(20)22-13-6-5-7-14(10-13)32(23,24)25/h5-12,22H,4H2,1-3H3,(H,23,24,25)(H,26,27,28)(H,29,30,31). The van der Waals surface area contributed by atoms with Crippen molar-refractivity contribution in [2.75, 3.05) is 5.32 Å². The minimum Gasteiger partial charge on any atom is -0.355 e. The van der Waals surface area contributed by atoms with Crippen LogP contribution in [0.25, 0.3) is 10.8 Å². The van der Waals surface area contributed by atoms with Crippen LogP contribution in [0.2, 0.25) is 0 Å². The van der Waals surface area contributed by atoms with Crippen LogP contribution in [0.5, 0.6) is 0 Å². The molecule has 0 aliphatic carbocycles. The molecule has 34 heavy (non-hydrogen) atoms. The van der Waals surface area contributed by atoms with Crippen molar-refractivity contribution in [1.82, 2.24) is 0 Å². The second-order valence-corrected chi connectivity index (χ2v) is 12.6. The van der Waals surface area contributed by atoms with E-state index in [4.69, 9.17) is 0 Å². The highest BCUT2D eigenvalue weighted by molar-refractivity contribution is 7.87. The molecule has 13 heteroatoms. The Morgan fingerprint density at radius 3 is 1.91 bits per heavy atom. The molecule has 0 atom stereocenters. The molecule has 0 saturated carbocycles. The smallest absolute Gasteiger partial charge is 0.295 e. The summed E-state index contributed by atoms with van der Waals surface area (Å²) in [5.41, 5.74) is 0.445. The summed E-state index contributed by atoms with van der Waals surface area (Å²) in [6, 6.07) is 10.0. The van der Waals surface area contributed by atoms with Gasteiger partial charge in [-0.1, -0.05) is 32.9 Å². The average Bonchev–Trinajstić information content (AvgIpc) is 2.70. The Balaban J connectivity index is 2.42. The number of rotatable bonds is 7. The Kier molecular flexibility index (Phi) is 6.58. The summed E-state index contributed by atoms with van der Waals surface area (Å²) in [4.78, 5) is -1.76. The van der Waals surface area contributed by atoms with Gasteiger partial charge in [0.15, 0.2) is 0 Å². The third-order valence-electron chi connectivity index (χ3n) is 5.62. The predicted molar refractivity (Wildman–Crippen MR) is 126 cm³/mol. The van der Waals surface area contributed by atoms with E-state index in [1.54, 1.807) is 6.07 Å². The highest BCUT2D eigenvalue weighted by Crippen LogP contribution is 2.42. The lowest BCUT2D eigenvalue weighted by Gasteiger charge is -2.29. The largest absolute Gasteiger partial charge is 0.355 e. The molecule has 0 radical (unpaired) electrons. The van der Waals surface area contributed by atoms with Gasteiger partial charge < -0.3 is 5.32 Å². The normalized spacial score (nSPS) is 13.2. The van der Waals surface area contributed by atoms with Gasteiger partial charge in [0.2, 0.25) is 0 Å². The van der Waals surface area contributed by atoms with Crippen LogP contribution in [-0.2, 0) is 35.8 Å². The van der Waals surface area contributed by atoms with Crippen LogP contribution in [0.4, 0.5) is 11.4 Å². The second-order valence-electron chi connectivity index (χ2n) is 8.32. The van der Waals surface area contributed by atoms with E-state index in [0.717, 1.165) is 6.07 Å². The van der Waals surface area contributed by atoms with Crippen LogP contribution in [0.1, 0.15) is 32.8 Å². The quantitative estimate of drug-likeness (QED) is 0.327. The molecule has 0 fully saturated rings. The van der Waals surface area contributed by atoms with Crippen molar-refractivity contribution in [2.45, 2.75) is 47.3 Å². The maximum atomic E-state index is 12.0. The summed E-state index contributed by atoms with van der Waals surface area (Å²) in [6.07, 6.45) is 0.517. The molecule has 184 valence electrons. The fourth-order valence-electron chi connectivity index (χ4n) is 3.64. The van der Waals surface area contributed by atoms with Gasteiger partial charge in [0.1, 0.15) is 4.90 Å². The Bertz CT molecular complexity index is 1610. The number of anilines is 2. The van der Waals surface area contributed by atoms with Gasteiger partial charge in [-0.2, -0.15) is 25.3 Å². The van der Waals surface area contributed by atoms with Crippen LogP contribution in [-0.4, -0.2) is 38.9 Å². The van der Waals surface area contributed by atoms with Gasteiger partial charge in [-0.3, -0.25) is 13.7 Å². The van der Waals surface area contributed by atoms with Crippen molar-refractivity contribution >= 4 is 52.5 Å². The SMILES string of the molecule is CCC(C)(C)c1c(Nc2cccc(S(=O)(=O)O)c2)ccc2c(S(=O)(=O)O)cc(S(=O)(=O)O)cc12. The molecular weight excluding hydrogens is 506 g/mol. The predicted octanol–water partition coefficient (Wildman–Crippen LogP) is 4.01. The summed E-state index contributed by atoms with van der Waals surface area (Å²) in [7, 11) is -14.2. The van der Waals surface area contributed by atoms with Crippen LogP contribution >= 0.6 is 0 Å². The van der Waals surface area contributed by atoms with Crippen molar-refractivity contribution in [3.63, 3.8) is 0 Å². The molecular formula is C21H23NO9S3. The van der Waals surface area contributed by atoms with E-state index in [2.05, 4.69) is 5.32 Å². The van der Waals surface area contributed by atoms with E-state index >= 15 is 0 Å². The monoisotopic (exact) mass is 529 g/mol. The third kappa shape index (κ3) is 5.24. The highest BCUT2D eigenvalue weighted by Gasteiger charge is 2.29. The lowest BCUT2D eigenvalue weighted by molar-refractivity contribution is 0.479. The minimum atomic E-state index is -4.87. The number of nitrogens with one attached hydrogen (secondary N) is 1. The van der Waals surface area contributed by atoms with Gasteiger partial charge in [-0.15, -0.1) is 0 Å². The van der Waals surface area contributed by atoms with Crippen molar-refractivity contribution < 1.29 is 38.9 Å². The van der Waals surface area contributed by atoms with Gasteiger partial charge >= 0.3 is 0 Å². The van der Waals surface area contributed by atoms with Crippen molar-refractivity contribution in [2.24, 2.45) is 0 Å². The van der Waals surface area contributed by atoms with Crippen molar-refractivity contribution in [3.05, 3.63) is 54.1 Å². The summed E-state index contributed by atoms with van der Waals surface area (Å²) in [6.45, 7) is 5.52.